The van der Waals surface area contributed by atoms with Gasteiger partial charge in [-0.1, -0.05) is 6.07 Å². The summed E-state index contributed by atoms with van der Waals surface area (Å²) in [4.78, 5) is 16.0. The Morgan fingerprint density at radius 3 is 3.00 bits per heavy atom. The summed E-state index contributed by atoms with van der Waals surface area (Å²) in [6.07, 6.45) is 3.18. The Hall–Kier alpha value is -2.23. The number of hydrogen-bond donors (Lipinski definition) is 0. The molecule has 90 valence electrons. The standard InChI is InChI=1S/C14H10FNO2/c15-10-3-4-11-12(17)7-13(18-14(11)6-10)9-2-1-5-16-8-9/h1-6,8,13H,7H2. The van der Waals surface area contributed by atoms with Gasteiger partial charge in [0.25, 0.3) is 0 Å². The van der Waals surface area contributed by atoms with Gasteiger partial charge in [-0.25, -0.2) is 4.39 Å². The molecule has 0 amide bonds. The van der Waals surface area contributed by atoms with Gasteiger partial charge in [0.05, 0.1) is 12.0 Å². The van der Waals surface area contributed by atoms with Crippen LogP contribution in [0.25, 0.3) is 0 Å². The van der Waals surface area contributed by atoms with E-state index in [9.17, 15) is 9.18 Å². The fraction of sp³-hybridized carbons (Fsp3) is 0.143. The van der Waals surface area contributed by atoms with E-state index in [0.717, 1.165) is 5.56 Å². The molecule has 1 aromatic heterocycles. The molecule has 2 heterocycles. The third-order valence-corrected chi connectivity index (χ3v) is 2.94. The molecule has 1 aromatic carbocycles. The molecule has 3 rings (SSSR count). The van der Waals surface area contributed by atoms with Gasteiger partial charge < -0.3 is 4.74 Å². The average molecular weight is 243 g/mol. The van der Waals surface area contributed by atoms with Crippen LogP contribution in [0.15, 0.2) is 42.7 Å². The second-order valence-corrected chi connectivity index (χ2v) is 4.16. The molecule has 1 aliphatic heterocycles. The number of carbonyl (C=O) groups excluding carboxylic acids is 1. The zero-order valence-electron chi connectivity index (χ0n) is 9.47. The molecule has 0 saturated carbocycles. The molecular formula is C14H10FNO2. The van der Waals surface area contributed by atoms with Crippen molar-refractivity contribution in [3.63, 3.8) is 0 Å². The van der Waals surface area contributed by atoms with Crippen LogP contribution in [0.4, 0.5) is 4.39 Å². The Balaban J connectivity index is 1.98. The van der Waals surface area contributed by atoms with Gasteiger partial charge in [0.1, 0.15) is 17.7 Å². The maximum Gasteiger partial charge on any atom is 0.170 e. The minimum Gasteiger partial charge on any atom is -0.484 e. The lowest BCUT2D eigenvalue weighted by molar-refractivity contribution is 0.0849. The number of ether oxygens (including phenoxy) is 1. The maximum atomic E-state index is 13.1. The molecule has 1 atom stereocenters. The molecule has 0 radical (unpaired) electrons. The molecule has 0 fully saturated rings. The molecule has 2 aromatic rings. The first kappa shape index (κ1) is 10.9. The number of benzene rings is 1. The fourth-order valence-electron chi connectivity index (χ4n) is 2.05. The quantitative estimate of drug-likeness (QED) is 0.773. The first-order valence-electron chi connectivity index (χ1n) is 5.63. The zero-order chi connectivity index (χ0) is 12.5. The summed E-state index contributed by atoms with van der Waals surface area (Å²) in [5, 5.41) is 0. The van der Waals surface area contributed by atoms with Gasteiger partial charge in [-0.2, -0.15) is 0 Å². The number of aromatic nitrogens is 1. The third-order valence-electron chi connectivity index (χ3n) is 2.94. The van der Waals surface area contributed by atoms with E-state index in [1.54, 1.807) is 18.5 Å². The Morgan fingerprint density at radius 1 is 1.33 bits per heavy atom. The van der Waals surface area contributed by atoms with Crippen LogP contribution in [0.5, 0.6) is 5.75 Å². The number of carbonyl (C=O) groups is 1. The van der Waals surface area contributed by atoms with Crippen molar-refractivity contribution in [2.24, 2.45) is 0 Å². The van der Waals surface area contributed by atoms with E-state index < -0.39 is 5.82 Å². The molecule has 0 bridgehead atoms. The predicted octanol–water partition coefficient (Wildman–Crippen LogP) is 2.93. The monoisotopic (exact) mass is 243 g/mol. The third kappa shape index (κ3) is 1.86. The van der Waals surface area contributed by atoms with E-state index in [4.69, 9.17) is 4.74 Å². The van der Waals surface area contributed by atoms with Crippen molar-refractivity contribution < 1.29 is 13.9 Å². The van der Waals surface area contributed by atoms with Crippen LogP contribution in [0.2, 0.25) is 0 Å². The lowest BCUT2D eigenvalue weighted by atomic mass is 9.97. The number of fused-ring (bicyclic) bond motifs is 1. The molecule has 0 spiro atoms. The van der Waals surface area contributed by atoms with Gasteiger partial charge in [0.15, 0.2) is 5.78 Å². The smallest absolute Gasteiger partial charge is 0.170 e. The van der Waals surface area contributed by atoms with Crippen LogP contribution < -0.4 is 4.74 Å². The number of rotatable bonds is 1. The average Bonchev–Trinajstić information content (AvgIpc) is 2.39. The SMILES string of the molecule is O=C1CC(c2cccnc2)Oc2cc(F)ccc21. The van der Waals surface area contributed by atoms with Crippen LogP contribution in [-0.2, 0) is 0 Å². The first-order valence-corrected chi connectivity index (χ1v) is 5.63. The minimum absolute atomic E-state index is 0.0369. The molecular weight excluding hydrogens is 233 g/mol. The number of hydrogen-bond acceptors (Lipinski definition) is 3. The highest BCUT2D eigenvalue weighted by atomic mass is 19.1. The summed E-state index contributed by atoms with van der Waals surface area (Å²) < 4.78 is 18.8. The Labute approximate surface area is 103 Å². The summed E-state index contributed by atoms with van der Waals surface area (Å²) in [5.74, 6) is -0.140. The predicted molar refractivity (Wildman–Crippen MR) is 63.0 cm³/mol. The van der Waals surface area contributed by atoms with Gasteiger partial charge in [0.2, 0.25) is 0 Å². The molecule has 3 nitrogen and oxygen atoms in total. The van der Waals surface area contributed by atoms with E-state index in [1.165, 1.54) is 18.2 Å². The molecule has 1 aliphatic rings. The van der Waals surface area contributed by atoms with E-state index in [1.807, 2.05) is 6.07 Å². The van der Waals surface area contributed by atoms with Crippen molar-refractivity contribution in [2.75, 3.05) is 0 Å². The number of halogens is 1. The van der Waals surface area contributed by atoms with Crippen molar-refractivity contribution in [2.45, 2.75) is 12.5 Å². The highest BCUT2D eigenvalue weighted by molar-refractivity contribution is 5.99. The second-order valence-electron chi connectivity index (χ2n) is 4.16. The van der Waals surface area contributed by atoms with E-state index in [0.29, 0.717) is 11.3 Å². The van der Waals surface area contributed by atoms with Crippen LogP contribution >= 0.6 is 0 Å². The fourth-order valence-corrected chi connectivity index (χ4v) is 2.05. The summed E-state index contributed by atoms with van der Waals surface area (Å²) >= 11 is 0. The Kier molecular flexibility index (Phi) is 2.55. The lowest BCUT2D eigenvalue weighted by Crippen LogP contribution is -2.20. The highest BCUT2D eigenvalue weighted by Gasteiger charge is 2.27. The van der Waals surface area contributed by atoms with Gasteiger partial charge in [0, 0.05) is 24.0 Å². The van der Waals surface area contributed by atoms with Gasteiger partial charge in [-0.3, -0.25) is 9.78 Å². The van der Waals surface area contributed by atoms with Crippen LogP contribution in [0.3, 0.4) is 0 Å². The van der Waals surface area contributed by atoms with Crippen LogP contribution in [-0.4, -0.2) is 10.8 Å². The van der Waals surface area contributed by atoms with Crippen molar-refractivity contribution in [3.05, 3.63) is 59.7 Å². The Bertz CT molecular complexity index is 598. The van der Waals surface area contributed by atoms with Crippen LogP contribution in [0, 0.1) is 5.82 Å². The largest absolute Gasteiger partial charge is 0.484 e. The van der Waals surface area contributed by atoms with Gasteiger partial charge in [-0.15, -0.1) is 0 Å². The number of Topliss-reactive ketones (excluding diaryl/α,β-unsaturated/α-hetero) is 1. The first-order chi connectivity index (χ1) is 8.74. The number of pyridine rings is 1. The van der Waals surface area contributed by atoms with Crippen LogP contribution in [0.1, 0.15) is 28.4 Å². The van der Waals surface area contributed by atoms with Gasteiger partial charge >= 0.3 is 0 Å². The normalized spacial score (nSPS) is 18.1. The molecule has 1 unspecified atom stereocenters. The van der Waals surface area contributed by atoms with Crippen molar-refractivity contribution >= 4 is 5.78 Å². The second kappa shape index (κ2) is 4.22. The molecule has 18 heavy (non-hydrogen) atoms. The highest BCUT2D eigenvalue weighted by Crippen LogP contribution is 2.34. The van der Waals surface area contributed by atoms with Gasteiger partial charge in [-0.05, 0) is 18.2 Å². The number of nitrogens with zero attached hydrogens (tertiary/aromatic N) is 1. The number of ketones is 1. The summed E-state index contributed by atoms with van der Waals surface area (Å²) in [5.41, 5.74) is 1.26. The zero-order valence-corrected chi connectivity index (χ0v) is 9.47. The summed E-state index contributed by atoms with van der Waals surface area (Å²) in [6.45, 7) is 0. The topological polar surface area (TPSA) is 39.2 Å². The maximum absolute atomic E-state index is 13.1. The molecule has 4 heteroatoms. The lowest BCUT2D eigenvalue weighted by Gasteiger charge is -2.25. The van der Waals surface area contributed by atoms with Crippen molar-refractivity contribution in [1.29, 1.82) is 0 Å². The van der Waals surface area contributed by atoms with Crippen molar-refractivity contribution in [3.8, 4) is 5.75 Å². The van der Waals surface area contributed by atoms with E-state index in [2.05, 4.69) is 4.98 Å². The van der Waals surface area contributed by atoms with E-state index >= 15 is 0 Å². The molecule has 0 N–H and O–H groups in total. The molecule has 0 aliphatic carbocycles. The minimum atomic E-state index is -0.409. The Morgan fingerprint density at radius 2 is 2.22 bits per heavy atom. The summed E-state index contributed by atoms with van der Waals surface area (Å²) in [7, 11) is 0. The van der Waals surface area contributed by atoms with E-state index in [-0.39, 0.29) is 18.3 Å². The molecule has 0 saturated heterocycles. The van der Waals surface area contributed by atoms with Crippen molar-refractivity contribution in [1.82, 2.24) is 4.98 Å². The summed E-state index contributed by atoms with van der Waals surface area (Å²) in [6, 6.07) is 7.60.